The standard InChI is InChI=1S/C13H17N3O2S2/c1-19-8-10-4-5-11(18-10)12(17)15-6-2-3-9-7-20-13(14)16-9/h4-5,7H,2-3,6,8H2,1H3,(H2,14,16)(H,15,17). The highest BCUT2D eigenvalue weighted by Gasteiger charge is 2.10. The summed E-state index contributed by atoms with van der Waals surface area (Å²) in [4.78, 5) is 16.0. The molecule has 0 saturated heterocycles. The number of aryl methyl sites for hydroxylation is 1. The number of thioether (sulfide) groups is 1. The second-order valence-electron chi connectivity index (χ2n) is 4.24. The number of nitrogens with two attached hydrogens (primary N) is 1. The summed E-state index contributed by atoms with van der Waals surface area (Å²) in [5, 5.41) is 5.36. The zero-order valence-corrected chi connectivity index (χ0v) is 12.9. The zero-order chi connectivity index (χ0) is 14.4. The van der Waals surface area contributed by atoms with Crippen LogP contribution in [0.3, 0.4) is 0 Å². The molecule has 0 spiro atoms. The van der Waals surface area contributed by atoms with Gasteiger partial charge in [0.25, 0.3) is 5.91 Å². The molecule has 108 valence electrons. The molecule has 0 fully saturated rings. The van der Waals surface area contributed by atoms with E-state index in [0.29, 0.717) is 17.4 Å². The summed E-state index contributed by atoms with van der Waals surface area (Å²) >= 11 is 3.09. The number of amides is 1. The topological polar surface area (TPSA) is 81.2 Å². The fourth-order valence-corrected chi connectivity index (χ4v) is 2.75. The first kappa shape index (κ1) is 14.9. The Morgan fingerprint density at radius 1 is 1.55 bits per heavy atom. The van der Waals surface area contributed by atoms with Gasteiger partial charge >= 0.3 is 0 Å². The van der Waals surface area contributed by atoms with Crippen LogP contribution in [0.15, 0.2) is 21.9 Å². The van der Waals surface area contributed by atoms with E-state index in [9.17, 15) is 4.79 Å². The van der Waals surface area contributed by atoms with E-state index >= 15 is 0 Å². The number of hydrogen-bond acceptors (Lipinski definition) is 6. The molecule has 0 aliphatic rings. The Hall–Kier alpha value is -1.47. The van der Waals surface area contributed by atoms with E-state index in [1.807, 2.05) is 17.7 Å². The number of nitrogen functional groups attached to an aromatic ring is 1. The molecular formula is C13H17N3O2S2. The third kappa shape index (κ3) is 4.28. The quantitative estimate of drug-likeness (QED) is 0.768. The minimum absolute atomic E-state index is 0.171. The van der Waals surface area contributed by atoms with Crippen molar-refractivity contribution in [2.45, 2.75) is 18.6 Å². The van der Waals surface area contributed by atoms with Crippen LogP contribution in [0.2, 0.25) is 0 Å². The van der Waals surface area contributed by atoms with E-state index in [4.69, 9.17) is 10.2 Å². The molecule has 0 aliphatic heterocycles. The Labute approximate surface area is 126 Å². The Morgan fingerprint density at radius 3 is 3.10 bits per heavy atom. The Morgan fingerprint density at radius 2 is 2.40 bits per heavy atom. The molecular weight excluding hydrogens is 294 g/mol. The maximum atomic E-state index is 11.8. The van der Waals surface area contributed by atoms with Crippen LogP contribution < -0.4 is 11.1 Å². The summed E-state index contributed by atoms with van der Waals surface area (Å²) in [7, 11) is 0. The van der Waals surface area contributed by atoms with Crippen molar-refractivity contribution in [2.75, 3.05) is 18.5 Å². The summed E-state index contributed by atoms with van der Waals surface area (Å²) in [6.07, 6.45) is 3.63. The average Bonchev–Trinajstić information content (AvgIpc) is 3.04. The predicted octanol–water partition coefficient (Wildman–Crippen LogP) is 2.54. The number of thiazole rings is 1. The lowest BCUT2D eigenvalue weighted by molar-refractivity contribution is 0.0924. The number of nitrogens with zero attached hydrogens (tertiary/aromatic N) is 1. The van der Waals surface area contributed by atoms with Crippen molar-refractivity contribution in [1.82, 2.24) is 10.3 Å². The first-order valence-corrected chi connectivity index (χ1v) is 8.52. The van der Waals surface area contributed by atoms with Crippen molar-refractivity contribution in [3.8, 4) is 0 Å². The minimum atomic E-state index is -0.171. The number of anilines is 1. The first-order chi connectivity index (χ1) is 9.69. The summed E-state index contributed by atoms with van der Waals surface area (Å²) in [6, 6.07) is 3.55. The fourth-order valence-electron chi connectivity index (χ4n) is 1.72. The van der Waals surface area contributed by atoms with E-state index in [2.05, 4.69) is 10.3 Å². The van der Waals surface area contributed by atoms with Gasteiger partial charge in [0.1, 0.15) is 5.76 Å². The largest absolute Gasteiger partial charge is 0.455 e. The van der Waals surface area contributed by atoms with E-state index < -0.39 is 0 Å². The molecule has 5 nitrogen and oxygen atoms in total. The third-order valence-corrected chi connectivity index (χ3v) is 3.93. The van der Waals surface area contributed by atoms with Crippen LogP contribution in [0.1, 0.15) is 28.4 Å². The number of nitrogens with one attached hydrogen (secondary N) is 1. The Balaban J connectivity index is 1.71. The van der Waals surface area contributed by atoms with Gasteiger partial charge in [0.15, 0.2) is 10.9 Å². The molecule has 0 bridgehead atoms. The summed E-state index contributed by atoms with van der Waals surface area (Å²) in [6.45, 7) is 0.592. The predicted molar refractivity (Wildman–Crippen MR) is 83.1 cm³/mol. The number of carbonyl (C=O) groups is 1. The fraction of sp³-hybridized carbons (Fsp3) is 0.385. The first-order valence-electron chi connectivity index (χ1n) is 6.25. The van der Waals surface area contributed by atoms with Gasteiger partial charge in [-0.1, -0.05) is 0 Å². The second kappa shape index (κ2) is 7.35. The van der Waals surface area contributed by atoms with Crippen molar-refractivity contribution >= 4 is 34.1 Å². The third-order valence-electron chi connectivity index (χ3n) is 2.64. The monoisotopic (exact) mass is 311 g/mol. The van der Waals surface area contributed by atoms with Gasteiger partial charge in [-0.2, -0.15) is 11.8 Å². The van der Waals surface area contributed by atoms with Gasteiger partial charge in [-0.05, 0) is 31.2 Å². The average molecular weight is 311 g/mol. The number of aromatic nitrogens is 1. The maximum Gasteiger partial charge on any atom is 0.286 e. The molecule has 0 radical (unpaired) electrons. The van der Waals surface area contributed by atoms with Crippen LogP contribution in [0.25, 0.3) is 0 Å². The Kier molecular flexibility index (Phi) is 5.49. The van der Waals surface area contributed by atoms with Crippen LogP contribution in [0.4, 0.5) is 5.13 Å². The highest BCUT2D eigenvalue weighted by atomic mass is 32.2. The molecule has 0 aliphatic carbocycles. The van der Waals surface area contributed by atoms with Crippen LogP contribution in [0, 0.1) is 0 Å². The van der Waals surface area contributed by atoms with Crippen LogP contribution in [-0.2, 0) is 12.2 Å². The lowest BCUT2D eigenvalue weighted by atomic mass is 10.2. The van der Waals surface area contributed by atoms with E-state index in [1.54, 1.807) is 17.8 Å². The van der Waals surface area contributed by atoms with Crippen molar-refractivity contribution in [1.29, 1.82) is 0 Å². The molecule has 1 amide bonds. The molecule has 7 heteroatoms. The molecule has 0 saturated carbocycles. The summed E-state index contributed by atoms with van der Waals surface area (Å²) in [5.74, 6) is 1.79. The summed E-state index contributed by atoms with van der Waals surface area (Å²) < 4.78 is 5.44. The normalized spacial score (nSPS) is 10.7. The molecule has 0 aromatic carbocycles. The number of furan rings is 1. The highest BCUT2D eigenvalue weighted by molar-refractivity contribution is 7.97. The summed E-state index contributed by atoms with van der Waals surface area (Å²) in [5.41, 5.74) is 6.53. The van der Waals surface area contributed by atoms with E-state index in [0.717, 1.165) is 30.0 Å². The van der Waals surface area contributed by atoms with E-state index in [1.165, 1.54) is 11.3 Å². The number of carbonyl (C=O) groups excluding carboxylic acids is 1. The van der Waals surface area contributed by atoms with Gasteiger partial charge in [-0.25, -0.2) is 4.98 Å². The maximum absolute atomic E-state index is 11.8. The number of rotatable bonds is 7. The SMILES string of the molecule is CSCc1ccc(C(=O)NCCCc2csc(N)n2)o1. The van der Waals surface area contributed by atoms with Crippen LogP contribution in [0.5, 0.6) is 0 Å². The van der Waals surface area contributed by atoms with Gasteiger partial charge in [0.05, 0.1) is 11.4 Å². The van der Waals surface area contributed by atoms with Gasteiger partial charge in [-0.3, -0.25) is 4.79 Å². The van der Waals surface area contributed by atoms with Gasteiger partial charge in [0.2, 0.25) is 0 Å². The second-order valence-corrected chi connectivity index (χ2v) is 5.99. The minimum Gasteiger partial charge on any atom is -0.455 e. The van der Waals surface area contributed by atoms with Crippen molar-refractivity contribution in [3.05, 3.63) is 34.7 Å². The van der Waals surface area contributed by atoms with Gasteiger partial charge in [-0.15, -0.1) is 11.3 Å². The zero-order valence-electron chi connectivity index (χ0n) is 11.2. The van der Waals surface area contributed by atoms with Crippen LogP contribution in [-0.4, -0.2) is 23.7 Å². The smallest absolute Gasteiger partial charge is 0.286 e. The van der Waals surface area contributed by atoms with Crippen molar-refractivity contribution in [3.63, 3.8) is 0 Å². The van der Waals surface area contributed by atoms with Crippen molar-refractivity contribution in [2.24, 2.45) is 0 Å². The molecule has 0 atom stereocenters. The molecule has 3 N–H and O–H groups in total. The van der Waals surface area contributed by atoms with E-state index in [-0.39, 0.29) is 5.91 Å². The van der Waals surface area contributed by atoms with Gasteiger partial charge < -0.3 is 15.5 Å². The lowest BCUT2D eigenvalue weighted by Crippen LogP contribution is -2.24. The molecule has 0 unspecified atom stereocenters. The molecule has 2 heterocycles. The number of hydrogen-bond donors (Lipinski definition) is 2. The van der Waals surface area contributed by atoms with Crippen molar-refractivity contribution < 1.29 is 9.21 Å². The molecule has 2 aromatic heterocycles. The lowest BCUT2D eigenvalue weighted by Gasteiger charge is -2.02. The van der Waals surface area contributed by atoms with Gasteiger partial charge in [0, 0.05) is 11.9 Å². The highest BCUT2D eigenvalue weighted by Crippen LogP contribution is 2.14. The molecule has 2 rings (SSSR count). The molecule has 20 heavy (non-hydrogen) atoms. The van der Waals surface area contributed by atoms with Crippen LogP contribution >= 0.6 is 23.1 Å². The Bertz CT molecular complexity index is 565. The molecule has 2 aromatic rings.